The first-order chi connectivity index (χ1) is 34.5. The minimum Gasteiger partial charge on any atom is -0.466 e. The van der Waals surface area contributed by atoms with Crippen LogP contribution in [0.15, 0.2) is 24.3 Å². The highest BCUT2D eigenvalue weighted by Gasteiger charge is 2.18. The van der Waals surface area contributed by atoms with Gasteiger partial charge in [0, 0.05) is 12.8 Å². The van der Waals surface area contributed by atoms with Crippen molar-refractivity contribution in [3.8, 4) is 0 Å². The normalized spacial score (nSPS) is 12.7. The van der Waals surface area contributed by atoms with Gasteiger partial charge < -0.3 is 20.3 Å². The van der Waals surface area contributed by atoms with Crippen LogP contribution in [0.4, 0.5) is 0 Å². The Bertz CT molecular complexity index is 1090. The largest absolute Gasteiger partial charge is 0.466 e. The van der Waals surface area contributed by atoms with Gasteiger partial charge in [0.1, 0.15) is 0 Å². The van der Waals surface area contributed by atoms with Crippen LogP contribution >= 0.6 is 0 Å². The fourth-order valence-electron chi connectivity index (χ4n) is 9.87. The molecule has 2 unspecified atom stereocenters. The summed E-state index contributed by atoms with van der Waals surface area (Å²) in [6.45, 7) is 4.88. The van der Waals surface area contributed by atoms with Gasteiger partial charge in [-0.05, 0) is 64.2 Å². The second-order valence-electron chi connectivity index (χ2n) is 21.7. The first kappa shape index (κ1) is 68.3. The van der Waals surface area contributed by atoms with E-state index in [1.165, 1.54) is 244 Å². The molecule has 1 amide bonds. The molecule has 0 spiro atoms. The second-order valence-corrected chi connectivity index (χ2v) is 21.7. The molecule has 0 fully saturated rings. The first-order valence-corrected chi connectivity index (χ1v) is 31.6. The molecule has 3 N–H and O–H groups in total. The van der Waals surface area contributed by atoms with Crippen LogP contribution < -0.4 is 5.32 Å². The Balaban J connectivity index is 3.50. The fraction of sp³-hybridized carbons (Fsp3) is 0.906. The summed E-state index contributed by atoms with van der Waals surface area (Å²) in [6.07, 6.45) is 73.6. The zero-order valence-electron chi connectivity index (χ0n) is 47.3. The number of amides is 1. The second kappa shape index (κ2) is 59.9. The van der Waals surface area contributed by atoms with Crippen LogP contribution in [-0.2, 0) is 14.3 Å². The predicted octanol–water partition coefficient (Wildman–Crippen LogP) is 19.8. The zero-order valence-corrected chi connectivity index (χ0v) is 47.3. The number of aliphatic hydroxyl groups excluding tert-OH is 2. The van der Waals surface area contributed by atoms with Gasteiger partial charge in [-0.3, -0.25) is 9.59 Å². The molecule has 0 aromatic heterocycles. The van der Waals surface area contributed by atoms with Crippen molar-refractivity contribution in [3.63, 3.8) is 0 Å². The lowest BCUT2D eigenvalue weighted by atomic mass is 10.0. The maximum atomic E-state index is 12.5. The van der Waals surface area contributed by atoms with Gasteiger partial charge in [0.05, 0.1) is 25.4 Å². The van der Waals surface area contributed by atoms with Crippen molar-refractivity contribution in [1.29, 1.82) is 0 Å². The van der Waals surface area contributed by atoms with E-state index < -0.39 is 12.1 Å². The molecule has 0 saturated carbocycles. The van der Waals surface area contributed by atoms with Gasteiger partial charge in [0.25, 0.3) is 0 Å². The molecule has 6 nitrogen and oxygen atoms in total. The van der Waals surface area contributed by atoms with E-state index >= 15 is 0 Å². The quantitative estimate of drug-likeness (QED) is 0.0321. The van der Waals surface area contributed by atoms with Gasteiger partial charge in [-0.2, -0.15) is 0 Å². The lowest BCUT2D eigenvalue weighted by molar-refractivity contribution is -0.143. The van der Waals surface area contributed by atoms with Crippen molar-refractivity contribution in [2.75, 3.05) is 13.2 Å². The number of carbonyl (C=O) groups excluding carboxylic acids is 2. The van der Waals surface area contributed by atoms with Gasteiger partial charge in [-0.25, -0.2) is 0 Å². The number of hydrogen-bond acceptors (Lipinski definition) is 5. The number of aliphatic hydroxyl groups is 2. The molecule has 0 saturated heterocycles. The molecule has 0 aromatic carbocycles. The molecule has 0 heterocycles. The number of ether oxygens (including phenoxy) is 1. The first-order valence-electron chi connectivity index (χ1n) is 31.6. The van der Waals surface area contributed by atoms with Crippen molar-refractivity contribution in [3.05, 3.63) is 24.3 Å². The molecular weight excluding hydrogens is 863 g/mol. The van der Waals surface area contributed by atoms with Crippen molar-refractivity contribution in [1.82, 2.24) is 5.32 Å². The van der Waals surface area contributed by atoms with E-state index in [1.54, 1.807) is 6.08 Å². The minimum atomic E-state index is -0.862. The molecule has 2 atom stereocenters. The van der Waals surface area contributed by atoms with Gasteiger partial charge in [-0.1, -0.05) is 295 Å². The van der Waals surface area contributed by atoms with Crippen LogP contribution in [0.5, 0.6) is 0 Å². The van der Waals surface area contributed by atoms with Gasteiger partial charge >= 0.3 is 5.97 Å². The van der Waals surface area contributed by atoms with E-state index in [0.29, 0.717) is 19.4 Å². The standard InChI is InChI=1S/C64H123NO5/c1-3-5-7-9-11-13-15-17-19-21-22-23-24-25-26-27-28-29-30-32-36-40-44-48-52-56-62(67)61(60-66)65-63(68)57-53-49-45-41-37-34-35-39-43-47-51-55-59-70-64(69)58-54-50-46-42-38-33-31-20-18-16-14-12-10-8-6-4-2/h35,39,52,56,61-62,66-67H,3-34,36-38,40-51,53-55,57-60H2,1-2H3,(H,65,68)/b39-35-,56-52+. The molecule has 0 rings (SSSR count). The molecular formula is C64H123NO5. The summed E-state index contributed by atoms with van der Waals surface area (Å²) in [6, 6.07) is -0.647. The monoisotopic (exact) mass is 986 g/mol. The number of hydrogen-bond donors (Lipinski definition) is 3. The summed E-state index contributed by atoms with van der Waals surface area (Å²) in [7, 11) is 0. The molecule has 0 aliphatic carbocycles. The summed E-state index contributed by atoms with van der Waals surface area (Å²) in [5.41, 5.74) is 0. The van der Waals surface area contributed by atoms with Crippen LogP contribution in [0.2, 0.25) is 0 Å². The van der Waals surface area contributed by atoms with Crippen molar-refractivity contribution in [2.24, 2.45) is 0 Å². The Hall–Kier alpha value is -1.66. The van der Waals surface area contributed by atoms with Crippen LogP contribution in [0, 0.1) is 0 Å². The molecule has 414 valence electrons. The Kier molecular flexibility index (Phi) is 58.5. The fourth-order valence-corrected chi connectivity index (χ4v) is 9.87. The SMILES string of the molecule is CCCCCCCCCCCCCCCCCCCCCCCCC/C=C/C(O)C(CO)NC(=O)CCCCCCC/C=C\CCCCCOC(=O)CCCCCCCCCCCCCCCCCC. The third kappa shape index (κ3) is 55.7. The Morgan fingerprint density at radius 2 is 0.671 bits per heavy atom. The number of nitrogens with one attached hydrogen (secondary N) is 1. The third-order valence-electron chi connectivity index (χ3n) is 14.7. The number of rotatable bonds is 59. The smallest absolute Gasteiger partial charge is 0.305 e. The predicted molar refractivity (Wildman–Crippen MR) is 306 cm³/mol. The number of unbranched alkanes of at least 4 members (excludes halogenated alkanes) is 46. The maximum absolute atomic E-state index is 12.5. The third-order valence-corrected chi connectivity index (χ3v) is 14.7. The van der Waals surface area contributed by atoms with E-state index in [-0.39, 0.29) is 18.5 Å². The summed E-state index contributed by atoms with van der Waals surface area (Å²) in [5, 5.41) is 23.2. The topological polar surface area (TPSA) is 95.9 Å². The van der Waals surface area contributed by atoms with E-state index in [2.05, 4.69) is 31.3 Å². The highest BCUT2D eigenvalue weighted by molar-refractivity contribution is 5.76. The van der Waals surface area contributed by atoms with E-state index in [1.807, 2.05) is 6.08 Å². The van der Waals surface area contributed by atoms with Crippen LogP contribution in [0.3, 0.4) is 0 Å². The van der Waals surface area contributed by atoms with Crippen molar-refractivity contribution >= 4 is 11.9 Å². The van der Waals surface area contributed by atoms with Crippen LogP contribution in [0.1, 0.15) is 348 Å². The van der Waals surface area contributed by atoms with Crippen LogP contribution in [0.25, 0.3) is 0 Å². The average molecular weight is 987 g/mol. The molecule has 0 aliphatic rings. The summed E-state index contributed by atoms with van der Waals surface area (Å²) in [4.78, 5) is 24.6. The Morgan fingerprint density at radius 3 is 1.01 bits per heavy atom. The molecule has 70 heavy (non-hydrogen) atoms. The summed E-state index contributed by atoms with van der Waals surface area (Å²) >= 11 is 0. The van der Waals surface area contributed by atoms with Gasteiger partial charge in [0.2, 0.25) is 5.91 Å². The molecule has 0 aliphatic heterocycles. The lowest BCUT2D eigenvalue weighted by Crippen LogP contribution is -2.45. The average Bonchev–Trinajstić information content (AvgIpc) is 3.36. The summed E-state index contributed by atoms with van der Waals surface area (Å²) < 4.78 is 5.46. The zero-order chi connectivity index (χ0) is 50.7. The molecule has 0 aromatic rings. The highest BCUT2D eigenvalue weighted by Crippen LogP contribution is 2.18. The van der Waals surface area contributed by atoms with Crippen LogP contribution in [-0.4, -0.2) is 47.4 Å². The van der Waals surface area contributed by atoms with Crippen molar-refractivity contribution in [2.45, 2.75) is 360 Å². The van der Waals surface area contributed by atoms with E-state index in [0.717, 1.165) is 77.0 Å². The molecule has 0 radical (unpaired) electrons. The Morgan fingerprint density at radius 1 is 0.386 bits per heavy atom. The highest BCUT2D eigenvalue weighted by atomic mass is 16.5. The van der Waals surface area contributed by atoms with E-state index in [9.17, 15) is 19.8 Å². The molecule has 6 heteroatoms. The lowest BCUT2D eigenvalue weighted by Gasteiger charge is -2.20. The number of carbonyl (C=O) groups is 2. The number of allylic oxidation sites excluding steroid dienone is 3. The van der Waals surface area contributed by atoms with Gasteiger partial charge in [-0.15, -0.1) is 0 Å². The Labute approximate surface area is 437 Å². The number of esters is 1. The van der Waals surface area contributed by atoms with E-state index in [4.69, 9.17) is 4.74 Å². The van der Waals surface area contributed by atoms with Gasteiger partial charge in [0.15, 0.2) is 0 Å². The minimum absolute atomic E-state index is 0.0200. The molecule has 0 bridgehead atoms. The summed E-state index contributed by atoms with van der Waals surface area (Å²) in [5.74, 6) is -0.110. The maximum Gasteiger partial charge on any atom is 0.305 e. The van der Waals surface area contributed by atoms with Crippen molar-refractivity contribution < 1.29 is 24.5 Å².